The fourth-order valence-electron chi connectivity index (χ4n) is 1.30. The van der Waals surface area contributed by atoms with Gasteiger partial charge in [-0.15, -0.1) is 0 Å². The van der Waals surface area contributed by atoms with Crippen molar-refractivity contribution < 1.29 is 31.0 Å². The van der Waals surface area contributed by atoms with Crippen molar-refractivity contribution in [3.8, 4) is 0 Å². The van der Waals surface area contributed by atoms with Gasteiger partial charge in [0.05, 0.1) is 11.1 Å². The summed E-state index contributed by atoms with van der Waals surface area (Å²) in [6.45, 7) is 3.11. The molecule has 1 nitrogen and oxygen atoms in total. The van der Waals surface area contributed by atoms with Crippen LogP contribution in [0.15, 0.2) is 18.2 Å². The van der Waals surface area contributed by atoms with Crippen molar-refractivity contribution in [3.63, 3.8) is 0 Å². The summed E-state index contributed by atoms with van der Waals surface area (Å²) in [5, 5.41) is 0. The Morgan fingerprint density at radius 3 is 2.00 bits per heavy atom. The summed E-state index contributed by atoms with van der Waals surface area (Å²) >= 11 is 0. The molecule has 1 rings (SSSR count). The normalized spacial score (nSPS) is 12.9. The molecule has 0 aliphatic heterocycles. The molecule has 0 spiro atoms. The summed E-state index contributed by atoms with van der Waals surface area (Å²) in [4.78, 5) is 0. The maximum Gasteiger partial charge on any atom is 0.416 e. The van der Waals surface area contributed by atoms with Gasteiger partial charge in [-0.05, 0) is 31.4 Å². The zero-order valence-electron chi connectivity index (χ0n) is 10.1. The highest BCUT2D eigenvalue weighted by molar-refractivity contribution is 6.47. The average Bonchev–Trinajstić information content (AvgIpc) is 2.23. The lowest BCUT2D eigenvalue weighted by molar-refractivity contribution is -0.140. The Hall–Kier alpha value is -1.18. The van der Waals surface area contributed by atoms with Gasteiger partial charge in [-0.3, -0.25) is 0 Å². The summed E-state index contributed by atoms with van der Waals surface area (Å²) < 4.78 is 80.1. The molecule has 19 heavy (non-hydrogen) atoms. The molecule has 0 bridgehead atoms. The number of halogens is 6. The SMILES string of the molecule is CC(C)O[B]c1cc(C(F)(F)F)ccc1C(F)(F)F. The molecule has 0 N–H and O–H groups in total. The van der Waals surface area contributed by atoms with Gasteiger partial charge in [0.25, 0.3) is 0 Å². The number of hydrogen-bond donors (Lipinski definition) is 0. The average molecular weight is 283 g/mol. The van der Waals surface area contributed by atoms with E-state index < -0.39 is 35.0 Å². The molecule has 0 amide bonds. The molecule has 1 aromatic rings. The molecule has 0 aromatic heterocycles. The largest absolute Gasteiger partial charge is 0.432 e. The number of alkyl halides is 6. The molecule has 105 valence electrons. The van der Waals surface area contributed by atoms with E-state index >= 15 is 0 Å². The van der Waals surface area contributed by atoms with E-state index in [9.17, 15) is 26.3 Å². The smallest absolute Gasteiger partial charge is 0.416 e. The highest BCUT2D eigenvalue weighted by Crippen LogP contribution is 2.32. The molecule has 1 radical (unpaired) electrons. The molecular weight excluding hydrogens is 273 g/mol. The van der Waals surface area contributed by atoms with E-state index in [1.807, 2.05) is 0 Å². The predicted octanol–water partition coefficient (Wildman–Crippen LogP) is 3.39. The molecule has 8 heteroatoms. The molecular formula is C11H10BF6O. The van der Waals surface area contributed by atoms with Gasteiger partial charge in [0.1, 0.15) is 0 Å². The monoisotopic (exact) mass is 283 g/mol. The Bertz CT molecular complexity index is 438. The first-order valence-corrected chi connectivity index (χ1v) is 5.29. The van der Waals surface area contributed by atoms with Crippen LogP contribution >= 0.6 is 0 Å². The quantitative estimate of drug-likeness (QED) is 0.610. The number of hydrogen-bond acceptors (Lipinski definition) is 1. The second kappa shape index (κ2) is 5.44. The van der Waals surface area contributed by atoms with Crippen LogP contribution in [0.3, 0.4) is 0 Å². The third-order valence-electron chi connectivity index (χ3n) is 2.15. The van der Waals surface area contributed by atoms with Gasteiger partial charge >= 0.3 is 19.8 Å². The highest BCUT2D eigenvalue weighted by atomic mass is 19.4. The second-order valence-electron chi connectivity index (χ2n) is 4.10. The lowest BCUT2D eigenvalue weighted by Gasteiger charge is -2.16. The van der Waals surface area contributed by atoms with E-state index in [-0.39, 0.29) is 0 Å². The molecule has 0 atom stereocenters. The summed E-state index contributed by atoms with van der Waals surface area (Å²) in [5.41, 5.74) is -2.96. The van der Waals surface area contributed by atoms with Crippen LogP contribution in [0.1, 0.15) is 25.0 Å². The Labute approximate surface area is 106 Å². The Morgan fingerprint density at radius 1 is 1.00 bits per heavy atom. The lowest BCUT2D eigenvalue weighted by Crippen LogP contribution is -2.30. The Balaban J connectivity index is 3.19. The van der Waals surface area contributed by atoms with Gasteiger partial charge in [0.15, 0.2) is 0 Å². The van der Waals surface area contributed by atoms with E-state index in [4.69, 9.17) is 4.65 Å². The molecule has 0 aliphatic rings. The molecule has 0 saturated heterocycles. The standard InChI is InChI=1S/C11H10BF6O/c1-6(2)19-12-9-5-7(10(13,14)15)3-4-8(9)11(16,17)18/h3-6H,1-2H3. The van der Waals surface area contributed by atoms with Crippen LogP contribution in [-0.2, 0) is 17.0 Å². The highest BCUT2D eigenvalue weighted by Gasteiger charge is 2.37. The topological polar surface area (TPSA) is 9.23 Å². The summed E-state index contributed by atoms with van der Waals surface area (Å²) in [6, 6.07) is 1.22. The van der Waals surface area contributed by atoms with Gasteiger partial charge in [-0.2, -0.15) is 26.3 Å². The molecule has 0 heterocycles. The summed E-state index contributed by atoms with van der Waals surface area (Å²) in [7, 11) is 0.697. The summed E-state index contributed by atoms with van der Waals surface area (Å²) in [5.74, 6) is 0. The van der Waals surface area contributed by atoms with Crippen molar-refractivity contribution in [1.82, 2.24) is 0 Å². The van der Waals surface area contributed by atoms with Crippen LogP contribution in [0.5, 0.6) is 0 Å². The molecule has 0 aliphatic carbocycles. The van der Waals surface area contributed by atoms with Crippen molar-refractivity contribution in [2.75, 3.05) is 0 Å². The fourth-order valence-corrected chi connectivity index (χ4v) is 1.30. The van der Waals surface area contributed by atoms with Crippen molar-refractivity contribution in [2.24, 2.45) is 0 Å². The first-order valence-electron chi connectivity index (χ1n) is 5.29. The minimum absolute atomic E-state index is 0.398. The molecule has 0 fully saturated rings. The zero-order valence-corrected chi connectivity index (χ0v) is 10.1. The lowest BCUT2D eigenvalue weighted by atomic mass is 9.82. The first-order chi connectivity index (χ1) is 8.51. The van der Waals surface area contributed by atoms with E-state index in [1.165, 1.54) is 0 Å². The van der Waals surface area contributed by atoms with Crippen LogP contribution in [0.25, 0.3) is 0 Å². The van der Waals surface area contributed by atoms with Crippen LogP contribution in [0, 0.1) is 0 Å². The van der Waals surface area contributed by atoms with Gasteiger partial charge < -0.3 is 4.65 Å². The number of benzene rings is 1. The Morgan fingerprint density at radius 2 is 1.58 bits per heavy atom. The van der Waals surface area contributed by atoms with Gasteiger partial charge in [-0.25, -0.2) is 0 Å². The minimum Gasteiger partial charge on any atom is -0.432 e. The van der Waals surface area contributed by atoms with E-state index in [0.29, 0.717) is 25.7 Å². The second-order valence-corrected chi connectivity index (χ2v) is 4.10. The fraction of sp³-hybridized carbons (Fsp3) is 0.455. The van der Waals surface area contributed by atoms with Crippen LogP contribution < -0.4 is 5.46 Å². The maximum absolute atomic E-state index is 12.6. The van der Waals surface area contributed by atoms with Crippen molar-refractivity contribution in [1.29, 1.82) is 0 Å². The van der Waals surface area contributed by atoms with Gasteiger partial charge in [0.2, 0.25) is 0 Å². The van der Waals surface area contributed by atoms with Crippen molar-refractivity contribution in [3.05, 3.63) is 29.3 Å². The maximum atomic E-state index is 12.6. The van der Waals surface area contributed by atoms with Gasteiger partial charge in [0, 0.05) is 6.10 Å². The van der Waals surface area contributed by atoms with Crippen molar-refractivity contribution in [2.45, 2.75) is 32.3 Å². The molecule has 0 saturated carbocycles. The van der Waals surface area contributed by atoms with E-state index in [0.717, 1.165) is 0 Å². The van der Waals surface area contributed by atoms with Crippen molar-refractivity contribution >= 4 is 12.9 Å². The van der Waals surface area contributed by atoms with Crippen LogP contribution in [0.2, 0.25) is 0 Å². The minimum atomic E-state index is -4.74. The molecule has 1 aromatic carbocycles. The number of rotatable bonds is 3. The van der Waals surface area contributed by atoms with Crippen LogP contribution in [0.4, 0.5) is 26.3 Å². The third-order valence-corrected chi connectivity index (χ3v) is 2.15. The zero-order chi connectivity index (χ0) is 14.8. The van der Waals surface area contributed by atoms with Gasteiger partial charge in [-0.1, -0.05) is 6.07 Å². The predicted molar refractivity (Wildman–Crippen MR) is 58.1 cm³/mol. The van der Waals surface area contributed by atoms with E-state index in [2.05, 4.69) is 0 Å². The van der Waals surface area contributed by atoms with Crippen LogP contribution in [-0.4, -0.2) is 13.6 Å². The Kier molecular flexibility index (Phi) is 4.55. The first kappa shape index (κ1) is 15.9. The van der Waals surface area contributed by atoms with E-state index in [1.54, 1.807) is 13.8 Å². The third kappa shape index (κ3) is 4.45. The summed E-state index contributed by atoms with van der Waals surface area (Å²) in [6.07, 6.45) is -9.88. The molecule has 0 unspecified atom stereocenters.